The van der Waals surface area contributed by atoms with Gasteiger partial charge in [0.15, 0.2) is 5.13 Å². The van der Waals surface area contributed by atoms with Gasteiger partial charge in [0.1, 0.15) is 22.5 Å². The van der Waals surface area contributed by atoms with E-state index in [-0.39, 0.29) is 39.4 Å². The summed E-state index contributed by atoms with van der Waals surface area (Å²) in [5.74, 6) is -1.39. The van der Waals surface area contributed by atoms with Crippen molar-refractivity contribution < 1.29 is 29.1 Å². The van der Waals surface area contributed by atoms with E-state index < -0.39 is 29.4 Å². The van der Waals surface area contributed by atoms with Crippen LogP contribution in [0.2, 0.25) is 0 Å². The average molecular weight is 509 g/mol. The van der Waals surface area contributed by atoms with Crippen LogP contribution in [0.3, 0.4) is 0 Å². The third-order valence-corrected chi connectivity index (χ3v) is 5.92. The number of β-lactam (4-membered cyclic amide) rings is 1. The molecule has 0 aliphatic carbocycles. The highest BCUT2D eigenvalue weighted by atomic mass is 35.5. The second-order valence-electron chi connectivity index (χ2n) is 5.81. The number of oxime groups is 1. The number of allylic oxidation sites excluding steroid dienone is 1. The fourth-order valence-corrected chi connectivity index (χ4v) is 4.64. The van der Waals surface area contributed by atoms with Crippen LogP contribution in [0.25, 0.3) is 0 Å². The summed E-state index contributed by atoms with van der Waals surface area (Å²) in [4.78, 5) is 46.5. The van der Waals surface area contributed by atoms with E-state index in [2.05, 4.69) is 19.8 Å². The van der Waals surface area contributed by atoms with E-state index >= 15 is 0 Å². The van der Waals surface area contributed by atoms with Gasteiger partial charge >= 0.3 is 6.16 Å². The third-order valence-electron chi connectivity index (χ3n) is 3.85. The number of fused-ring (bicyclic) bond motifs is 1. The number of carboxylic acid groups (broad SMARTS) is 1. The number of aromatic nitrogens is 2. The molecule has 2 aliphatic heterocycles. The quantitative estimate of drug-likeness (QED) is 0.212. The molecule has 0 spiro atoms. The molecule has 1 fully saturated rings. The number of ether oxygens (including phenoxy) is 1. The highest BCUT2D eigenvalue weighted by Gasteiger charge is 2.54. The molecule has 1 aromatic rings. The Morgan fingerprint density at radius 3 is 2.81 bits per heavy atom. The van der Waals surface area contributed by atoms with E-state index in [9.17, 15) is 14.4 Å². The minimum absolute atomic E-state index is 0.0488. The second kappa shape index (κ2) is 9.72. The normalized spacial score (nSPS) is 20.5. The lowest BCUT2D eigenvalue weighted by molar-refractivity contribution is -0.148. The Balaban J connectivity index is 1.81. The lowest BCUT2D eigenvalue weighted by Gasteiger charge is -2.48. The van der Waals surface area contributed by atoms with Gasteiger partial charge in [0, 0.05) is 22.9 Å². The van der Waals surface area contributed by atoms with Gasteiger partial charge in [-0.15, -0.1) is 11.8 Å². The second-order valence-corrected chi connectivity index (χ2v) is 8.70. The van der Waals surface area contributed by atoms with Crippen molar-refractivity contribution >= 4 is 75.3 Å². The molecule has 1 unspecified atom stereocenters. The summed E-state index contributed by atoms with van der Waals surface area (Å²) < 4.78 is 8.57. The standard InChI is InChI=1S/C15H14Cl2N6O6S2/c1-2-28-21-7(9-20-14(18)31-22-9)10(24)19-8-11(25)23-12(29-15(26)27)5(3-6(16)17)4-30-13(8)23/h3,8,13H,2,4H2,1H3,(H,19,24)(H,26,27)(H2,18,20,22)/t8?,13-/m0/s1. The maximum absolute atomic E-state index is 12.8. The number of nitrogens with zero attached hydrogens (tertiary/aromatic N) is 4. The summed E-state index contributed by atoms with van der Waals surface area (Å²) in [6, 6.07) is -0.982. The van der Waals surface area contributed by atoms with Crippen LogP contribution in [-0.4, -0.2) is 66.8 Å². The summed E-state index contributed by atoms with van der Waals surface area (Å²) in [6.45, 7) is 1.86. The number of anilines is 1. The Morgan fingerprint density at radius 1 is 1.48 bits per heavy atom. The number of halogens is 2. The first kappa shape index (κ1) is 23.1. The van der Waals surface area contributed by atoms with Crippen LogP contribution in [-0.2, 0) is 19.2 Å². The van der Waals surface area contributed by atoms with Crippen molar-refractivity contribution in [3.63, 3.8) is 0 Å². The molecule has 31 heavy (non-hydrogen) atoms. The molecule has 0 aromatic carbocycles. The van der Waals surface area contributed by atoms with Crippen molar-refractivity contribution in [2.45, 2.75) is 18.3 Å². The molecule has 3 rings (SSSR count). The lowest BCUT2D eigenvalue weighted by Crippen LogP contribution is -2.70. The Kier molecular flexibility index (Phi) is 7.25. The lowest BCUT2D eigenvalue weighted by atomic mass is 10.1. The summed E-state index contributed by atoms with van der Waals surface area (Å²) in [6.07, 6.45) is -0.328. The van der Waals surface area contributed by atoms with Crippen molar-refractivity contribution in [2.75, 3.05) is 18.1 Å². The van der Waals surface area contributed by atoms with Crippen molar-refractivity contribution in [2.24, 2.45) is 5.16 Å². The van der Waals surface area contributed by atoms with E-state index in [0.717, 1.165) is 16.4 Å². The monoisotopic (exact) mass is 508 g/mol. The van der Waals surface area contributed by atoms with Gasteiger partial charge in [0.25, 0.3) is 11.8 Å². The minimum atomic E-state index is -1.61. The third kappa shape index (κ3) is 5.03. The number of amides is 2. The first-order valence-corrected chi connectivity index (χ1v) is 11.0. The molecule has 4 N–H and O–H groups in total. The van der Waals surface area contributed by atoms with Gasteiger partial charge in [-0.1, -0.05) is 28.4 Å². The van der Waals surface area contributed by atoms with Crippen LogP contribution in [0.1, 0.15) is 12.7 Å². The van der Waals surface area contributed by atoms with Gasteiger partial charge in [-0.3, -0.25) is 14.5 Å². The number of hydrogen-bond donors (Lipinski definition) is 3. The predicted molar refractivity (Wildman–Crippen MR) is 113 cm³/mol. The van der Waals surface area contributed by atoms with Crippen molar-refractivity contribution in [1.82, 2.24) is 19.6 Å². The van der Waals surface area contributed by atoms with Crippen molar-refractivity contribution in [1.29, 1.82) is 0 Å². The molecule has 1 aromatic heterocycles. The number of thioether (sulfide) groups is 1. The van der Waals surface area contributed by atoms with Gasteiger partial charge < -0.3 is 25.7 Å². The first-order valence-electron chi connectivity index (χ1n) is 8.44. The molecular formula is C15H14Cl2N6O6S2. The molecule has 0 saturated carbocycles. The van der Waals surface area contributed by atoms with Crippen LogP contribution in [0, 0.1) is 0 Å². The largest absolute Gasteiger partial charge is 0.512 e. The van der Waals surface area contributed by atoms with Gasteiger partial charge in [-0.25, -0.2) is 4.79 Å². The highest BCUT2D eigenvalue weighted by Crippen LogP contribution is 2.41. The number of rotatable bonds is 7. The summed E-state index contributed by atoms with van der Waals surface area (Å²) >= 11 is 13.4. The summed E-state index contributed by atoms with van der Waals surface area (Å²) in [5.41, 5.74) is 5.61. The van der Waals surface area contributed by atoms with Crippen molar-refractivity contribution in [3.8, 4) is 0 Å². The zero-order valence-corrected chi connectivity index (χ0v) is 18.7. The summed E-state index contributed by atoms with van der Waals surface area (Å²) in [5, 5.41) is 14.8. The highest BCUT2D eigenvalue weighted by molar-refractivity contribution is 8.00. The number of hydrogen-bond acceptors (Lipinski definition) is 11. The molecule has 12 nitrogen and oxygen atoms in total. The maximum atomic E-state index is 12.8. The molecule has 2 aliphatic rings. The predicted octanol–water partition coefficient (Wildman–Crippen LogP) is 1.49. The molecule has 2 amide bonds. The number of nitrogens with two attached hydrogens (primary N) is 1. The van der Waals surface area contributed by atoms with Crippen LogP contribution < -0.4 is 11.1 Å². The number of nitrogen functional groups attached to an aromatic ring is 1. The van der Waals surface area contributed by atoms with E-state index in [4.69, 9.17) is 43.6 Å². The van der Waals surface area contributed by atoms with Gasteiger partial charge in [0.05, 0.1) is 0 Å². The van der Waals surface area contributed by atoms with Crippen LogP contribution in [0.15, 0.2) is 27.2 Å². The van der Waals surface area contributed by atoms with Crippen LogP contribution >= 0.6 is 46.5 Å². The minimum Gasteiger partial charge on any atom is -0.449 e. The zero-order valence-electron chi connectivity index (χ0n) is 15.6. The number of carbonyl (C=O) groups excluding carboxylic acids is 2. The van der Waals surface area contributed by atoms with Gasteiger partial charge in [-0.05, 0) is 13.0 Å². The molecule has 0 bridgehead atoms. The molecule has 0 radical (unpaired) electrons. The molecule has 16 heteroatoms. The van der Waals surface area contributed by atoms with E-state index in [1.807, 2.05) is 0 Å². The van der Waals surface area contributed by atoms with Crippen LogP contribution in [0.4, 0.5) is 9.93 Å². The number of carbonyl (C=O) groups is 3. The van der Waals surface area contributed by atoms with Crippen molar-refractivity contribution in [3.05, 3.63) is 27.8 Å². The van der Waals surface area contributed by atoms with Gasteiger partial charge in [0.2, 0.25) is 17.4 Å². The van der Waals surface area contributed by atoms with Gasteiger partial charge in [-0.2, -0.15) is 9.36 Å². The first-order chi connectivity index (χ1) is 14.7. The fraction of sp³-hybridized carbons (Fsp3) is 0.333. The topological polar surface area (TPSA) is 169 Å². The zero-order chi connectivity index (χ0) is 22.7. The molecule has 166 valence electrons. The number of nitrogens with one attached hydrogen (secondary N) is 1. The smallest absolute Gasteiger partial charge is 0.449 e. The van der Waals surface area contributed by atoms with E-state index in [1.165, 1.54) is 17.8 Å². The Bertz CT molecular complexity index is 1010. The average Bonchev–Trinajstić information content (AvgIpc) is 3.12. The fourth-order valence-electron chi connectivity index (χ4n) is 2.66. The maximum Gasteiger partial charge on any atom is 0.512 e. The molecule has 1 saturated heterocycles. The van der Waals surface area contributed by atoms with E-state index in [1.54, 1.807) is 6.92 Å². The van der Waals surface area contributed by atoms with E-state index in [0.29, 0.717) is 5.57 Å². The molecule has 2 atom stereocenters. The Hall–Kier alpha value is -2.55. The SMILES string of the molecule is CCON=C(C(=O)NC1C(=O)N2C(OC(=O)O)=C(C=C(Cl)Cl)CS[C@@H]12)c1nsc(N)n1. The van der Waals surface area contributed by atoms with Crippen LogP contribution in [0.5, 0.6) is 0 Å². The Morgan fingerprint density at radius 2 is 2.23 bits per heavy atom. The summed E-state index contributed by atoms with van der Waals surface area (Å²) in [7, 11) is 0. The molecule has 3 heterocycles. The Labute approximate surface area is 193 Å². The molecular weight excluding hydrogens is 495 g/mol.